The normalized spacial score (nSPS) is 24.7. The lowest BCUT2D eigenvalue weighted by Gasteiger charge is -2.34. The molecule has 0 radical (unpaired) electrons. The minimum Gasteiger partial charge on any atom is -0.467 e. The Morgan fingerprint density at radius 1 is 1.33 bits per heavy atom. The number of ether oxygens (including phenoxy) is 1. The topological polar surface area (TPSA) is 58.3 Å². The van der Waals surface area contributed by atoms with Crippen LogP contribution in [0.15, 0.2) is 51.6 Å². The quantitative estimate of drug-likeness (QED) is 0.780. The molecule has 1 saturated heterocycles. The Bertz CT molecular complexity index is 745. The first-order chi connectivity index (χ1) is 11.7. The number of nitrogens with zero attached hydrogens (tertiary/aromatic N) is 3. The fourth-order valence-corrected chi connectivity index (χ4v) is 3.31. The second kappa shape index (κ2) is 6.43. The maximum Gasteiger partial charge on any atom is 0.262 e. The van der Waals surface area contributed by atoms with Crippen molar-refractivity contribution in [1.82, 2.24) is 9.80 Å². The molecule has 1 unspecified atom stereocenters. The minimum absolute atomic E-state index is 0.0870. The van der Waals surface area contributed by atoms with E-state index in [1.807, 2.05) is 18.2 Å². The van der Waals surface area contributed by atoms with Gasteiger partial charge in [0.25, 0.3) is 5.91 Å². The zero-order valence-corrected chi connectivity index (χ0v) is 13.9. The van der Waals surface area contributed by atoms with Crippen LogP contribution in [0.3, 0.4) is 0 Å². The Balaban J connectivity index is 1.59. The molecule has 0 aromatic carbocycles. The summed E-state index contributed by atoms with van der Waals surface area (Å²) in [4.78, 5) is 21.1. The number of carbonyl (C=O) groups excluding carboxylic acids is 1. The SMILES string of the molecule is O=C1C2=CC(N3CCOCC3)C=CC2=NC(=S)N1Cc1ccco1. The van der Waals surface area contributed by atoms with Crippen LogP contribution in [0.1, 0.15) is 5.76 Å². The van der Waals surface area contributed by atoms with E-state index in [2.05, 4.69) is 16.0 Å². The monoisotopic (exact) mass is 343 g/mol. The fraction of sp³-hybridized carbons (Fsp3) is 0.353. The Hall–Kier alpha value is -2.09. The average molecular weight is 343 g/mol. The van der Waals surface area contributed by atoms with Crippen LogP contribution in [-0.4, -0.2) is 58.9 Å². The van der Waals surface area contributed by atoms with Gasteiger partial charge in [0, 0.05) is 19.1 Å². The zero-order chi connectivity index (χ0) is 16.5. The van der Waals surface area contributed by atoms with E-state index in [1.165, 1.54) is 4.90 Å². The molecule has 2 aliphatic heterocycles. The largest absolute Gasteiger partial charge is 0.467 e. The molecule has 1 amide bonds. The molecule has 124 valence electrons. The molecule has 1 fully saturated rings. The lowest BCUT2D eigenvalue weighted by Crippen LogP contribution is -2.46. The molecule has 0 N–H and O–H groups in total. The molecule has 1 aromatic rings. The van der Waals surface area contributed by atoms with Crippen molar-refractivity contribution in [3.05, 3.63) is 48.0 Å². The maximum absolute atomic E-state index is 12.9. The van der Waals surface area contributed by atoms with Crippen LogP contribution in [0.25, 0.3) is 0 Å². The third kappa shape index (κ3) is 2.86. The molecular formula is C17H17N3O3S. The number of amides is 1. The summed E-state index contributed by atoms with van der Waals surface area (Å²) in [6, 6.07) is 3.70. The van der Waals surface area contributed by atoms with Gasteiger partial charge in [-0.25, -0.2) is 4.99 Å². The highest BCUT2D eigenvalue weighted by Crippen LogP contribution is 2.23. The van der Waals surface area contributed by atoms with Crippen LogP contribution in [0.4, 0.5) is 0 Å². The number of allylic oxidation sites excluding steroid dienone is 1. The molecule has 3 heterocycles. The standard InChI is InChI=1S/C17H17N3O3S/c21-16-14-10-12(19-5-8-22-9-6-19)3-4-15(14)18-17(24)20(16)11-13-2-1-7-23-13/h1-4,7,10,12H,5-6,8-9,11H2. The van der Waals surface area contributed by atoms with Gasteiger partial charge in [0.05, 0.1) is 37.3 Å². The molecule has 24 heavy (non-hydrogen) atoms. The first kappa shape index (κ1) is 15.4. The average Bonchev–Trinajstić information content (AvgIpc) is 3.12. The molecule has 4 rings (SSSR count). The van der Waals surface area contributed by atoms with E-state index in [0.29, 0.717) is 23.6 Å². The summed E-state index contributed by atoms with van der Waals surface area (Å²) in [7, 11) is 0. The van der Waals surface area contributed by atoms with E-state index in [-0.39, 0.29) is 17.1 Å². The number of thiocarbonyl (C=S) groups is 1. The third-order valence-corrected chi connectivity index (χ3v) is 4.66. The van der Waals surface area contributed by atoms with Gasteiger partial charge in [-0.05, 0) is 36.5 Å². The maximum atomic E-state index is 12.9. The number of hydrogen-bond donors (Lipinski definition) is 0. The van der Waals surface area contributed by atoms with Crippen molar-refractivity contribution in [3.63, 3.8) is 0 Å². The number of aliphatic imine (C=N–C) groups is 1. The van der Waals surface area contributed by atoms with E-state index in [9.17, 15) is 4.79 Å². The summed E-state index contributed by atoms with van der Waals surface area (Å²) in [5.41, 5.74) is 1.25. The molecule has 1 atom stereocenters. The minimum atomic E-state index is -0.121. The van der Waals surface area contributed by atoms with Gasteiger partial charge in [-0.15, -0.1) is 0 Å². The highest BCUT2D eigenvalue weighted by Gasteiger charge is 2.33. The van der Waals surface area contributed by atoms with Crippen molar-refractivity contribution in [2.45, 2.75) is 12.6 Å². The molecule has 0 saturated carbocycles. The Morgan fingerprint density at radius 2 is 2.17 bits per heavy atom. The Labute approximate surface area is 145 Å². The van der Waals surface area contributed by atoms with E-state index < -0.39 is 0 Å². The van der Waals surface area contributed by atoms with Crippen molar-refractivity contribution in [1.29, 1.82) is 0 Å². The third-order valence-electron chi connectivity index (χ3n) is 4.35. The summed E-state index contributed by atoms with van der Waals surface area (Å²) in [5.74, 6) is 0.560. The van der Waals surface area contributed by atoms with Gasteiger partial charge in [-0.1, -0.05) is 6.08 Å². The van der Waals surface area contributed by atoms with Crippen LogP contribution in [0.5, 0.6) is 0 Å². The first-order valence-electron chi connectivity index (χ1n) is 7.91. The second-order valence-corrected chi connectivity index (χ2v) is 6.19. The van der Waals surface area contributed by atoms with E-state index in [4.69, 9.17) is 21.4 Å². The predicted molar refractivity (Wildman–Crippen MR) is 92.7 cm³/mol. The molecule has 7 heteroatoms. The van der Waals surface area contributed by atoms with Crippen LogP contribution in [0.2, 0.25) is 0 Å². The zero-order valence-electron chi connectivity index (χ0n) is 13.1. The number of fused-ring (bicyclic) bond motifs is 1. The molecule has 1 aromatic heterocycles. The van der Waals surface area contributed by atoms with Crippen molar-refractivity contribution >= 4 is 28.9 Å². The van der Waals surface area contributed by atoms with Gasteiger partial charge in [-0.2, -0.15) is 0 Å². The number of rotatable bonds is 3. The highest BCUT2D eigenvalue weighted by molar-refractivity contribution is 7.80. The van der Waals surface area contributed by atoms with Crippen LogP contribution < -0.4 is 0 Å². The summed E-state index contributed by atoms with van der Waals surface area (Å²) >= 11 is 5.29. The van der Waals surface area contributed by atoms with Crippen molar-refractivity contribution in [2.24, 2.45) is 4.99 Å². The molecule has 1 aliphatic carbocycles. The second-order valence-electron chi connectivity index (χ2n) is 5.83. The van der Waals surface area contributed by atoms with Crippen LogP contribution >= 0.6 is 12.2 Å². The molecule has 0 spiro atoms. The Kier molecular flexibility index (Phi) is 4.13. The summed E-state index contributed by atoms with van der Waals surface area (Å²) in [6.45, 7) is 3.45. The van der Waals surface area contributed by atoms with E-state index in [1.54, 1.807) is 12.3 Å². The summed E-state index contributed by atoms with van der Waals surface area (Å²) in [6.07, 6.45) is 7.51. The van der Waals surface area contributed by atoms with Gasteiger partial charge in [0.1, 0.15) is 5.76 Å². The van der Waals surface area contributed by atoms with Crippen LogP contribution in [-0.2, 0) is 16.1 Å². The Morgan fingerprint density at radius 3 is 2.92 bits per heavy atom. The summed E-state index contributed by atoms with van der Waals surface area (Å²) < 4.78 is 10.7. The highest BCUT2D eigenvalue weighted by atomic mass is 32.1. The van der Waals surface area contributed by atoms with Crippen molar-refractivity contribution < 1.29 is 13.9 Å². The molecular weight excluding hydrogens is 326 g/mol. The smallest absolute Gasteiger partial charge is 0.262 e. The predicted octanol–water partition coefficient (Wildman–Crippen LogP) is 1.54. The van der Waals surface area contributed by atoms with Crippen LogP contribution in [0, 0.1) is 0 Å². The summed E-state index contributed by atoms with van der Waals surface area (Å²) in [5, 5.41) is 0.276. The van der Waals surface area contributed by atoms with Gasteiger partial charge in [0.15, 0.2) is 0 Å². The first-order valence-corrected chi connectivity index (χ1v) is 8.32. The van der Waals surface area contributed by atoms with E-state index >= 15 is 0 Å². The molecule has 0 bridgehead atoms. The number of furan rings is 1. The fourth-order valence-electron chi connectivity index (χ4n) is 3.07. The number of hydrogen-bond acceptors (Lipinski definition) is 5. The molecule has 3 aliphatic rings. The number of morpholine rings is 1. The van der Waals surface area contributed by atoms with Gasteiger partial charge in [-0.3, -0.25) is 14.6 Å². The van der Waals surface area contributed by atoms with Crippen molar-refractivity contribution in [3.8, 4) is 0 Å². The van der Waals surface area contributed by atoms with Gasteiger partial charge < -0.3 is 9.15 Å². The lowest BCUT2D eigenvalue weighted by atomic mass is 9.97. The molecule has 6 nitrogen and oxygen atoms in total. The van der Waals surface area contributed by atoms with Gasteiger partial charge in [0.2, 0.25) is 5.11 Å². The van der Waals surface area contributed by atoms with Gasteiger partial charge >= 0.3 is 0 Å². The number of carbonyl (C=O) groups is 1. The van der Waals surface area contributed by atoms with Crippen molar-refractivity contribution in [2.75, 3.05) is 26.3 Å². The lowest BCUT2D eigenvalue weighted by molar-refractivity contribution is -0.123. The van der Waals surface area contributed by atoms with E-state index in [0.717, 1.165) is 26.3 Å².